The minimum absolute atomic E-state index is 0.0667. The van der Waals surface area contributed by atoms with Crippen LogP contribution in [0.5, 0.6) is 0 Å². The van der Waals surface area contributed by atoms with E-state index >= 15 is 0 Å². The lowest BCUT2D eigenvalue weighted by atomic mass is 9.71. The van der Waals surface area contributed by atoms with E-state index in [0.717, 1.165) is 19.3 Å². The first kappa shape index (κ1) is 13.1. The van der Waals surface area contributed by atoms with Gasteiger partial charge in [0.05, 0.1) is 7.11 Å². The van der Waals surface area contributed by atoms with Crippen molar-refractivity contribution in [1.82, 2.24) is 0 Å². The van der Waals surface area contributed by atoms with Crippen molar-refractivity contribution >= 4 is 11.6 Å². The lowest BCUT2D eigenvalue weighted by Gasteiger charge is -2.33. The molecule has 0 unspecified atom stereocenters. The summed E-state index contributed by atoms with van der Waals surface area (Å²) in [6, 6.07) is 3.82. The second-order valence-corrected chi connectivity index (χ2v) is 6.20. The quantitative estimate of drug-likeness (QED) is 0.787. The van der Waals surface area contributed by atoms with E-state index in [1.807, 2.05) is 12.1 Å². The second kappa shape index (κ2) is 4.30. The molecule has 0 atom stereocenters. The lowest BCUT2D eigenvalue weighted by molar-refractivity contribution is 0.0916. The van der Waals surface area contributed by atoms with Crippen LogP contribution in [-0.4, -0.2) is 18.7 Å². The predicted octanol–water partition coefficient (Wildman–Crippen LogP) is 3.21. The number of Topliss-reactive ketones (excluding diaryl/α,β-unsaturated/α-hetero) is 1. The molecule has 0 saturated heterocycles. The molecule has 0 fully saturated rings. The molecule has 0 aliphatic heterocycles. The summed E-state index contributed by atoms with van der Waals surface area (Å²) in [5.74, 6) is -0.188. The van der Waals surface area contributed by atoms with Crippen molar-refractivity contribution in [3.05, 3.63) is 46.2 Å². The van der Waals surface area contributed by atoms with E-state index in [1.54, 1.807) is 0 Å². The van der Waals surface area contributed by atoms with Gasteiger partial charge in [0.15, 0.2) is 11.5 Å². The Morgan fingerprint density at radius 2 is 1.90 bits per heavy atom. The summed E-state index contributed by atoms with van der Waals surface area (Å²) < 4.78 is 5.01. The summed E-state index contributed by atoms with van der Waals surface area (Å²) in [7, 11) is 1.42. The largest absolute Gasteiger partial charge is 0.492 e. The molecular formula is C17H18O3. The fraction of sp³-hybridized carbons (Fsp3) is 0.412. The van der Waals surface area contributed by atoms with Gasteiger partial charge in [-0.1, -0.05) is 13.8 Å². The van der Waals surface area contributed by atoms with E-state index in [1.165, 1.54) is 24.3 Å². The van der Waals surface area contributed by atoms with Gasteiger partial charge in [-0.3, -0.25) is 9.59 Å². The number of allylic oxidation sites excluding steroid dienone is 2. The Hall–Kier alpha value is -1.90. The normalized spacial score (nSPS) is 20.1. The SMILES string of the molecule is COC1=CC(=O)c2cc3c(cc2C1=O)CCCC3(C)C. The number of ether oxygens (including phenoxy) is 1. The molecule has 3 heteroatoms. The summed E-state index contributed by atoms with van der Waals surface area (Å²) in [5, 5.41) is 0. The molecule has 1 aromatic carbocycles. The van der Waals surface area contributed by atoms with Gasteiger partial charge in [0.25, 0.3) is 0 Å². The van der Waals surface area contributed by atoms with E-state index < -0.39 is 0 Å². The number of fused-ring (bicyclic) bond motifs is 2. The van der Waals surface area contributed by atoms with Crippen LogP contribution >= 0.6 is 0 Å². The Bertz CT molecular complexity index is 650. The topological polar surface area (TPSA) is 43.4 Å². The fourth-order valence-corrected chi connectivity index (χ4v) is 3.28. The van der Waals surface area contributed by atoms with E-state index in [-0.39, 0.29) is 22.7 Å². The first-order chi connectivity index (χ1) is 9.44. The summed E-state index contributed by atoms with van der Waals surface area (Å²) in [6.07, 6.45) is 4.50. The van der Waals surface area contributed by atoms with Crippen molar-refractivity contribution in [2.75, 3.05) is 7.11 Å². The van der Waals surface area contributed by atoms with Gasteiger partial charge in [-0.2, -0.15) is 0 Å². The second-order valence-electron chi connectivity index (χ2n) is 6.20. The highest BCUT2D eigenvalue weighted by atomic mass is 16.5. The number of aryl methyl sites for hydroxylation is 1. The van der Waals surface area contributed by atoms with Crippen molar-refractivity contribution in [2.45, 2.75) is 38.5 Å². The number of carbonyl (C=O) groups excluding carboxylic acids is 2. The summed E-state index contributed by atoms with van der Waals surface area (Å²) in [6.45, 7) is 4.39. The maximum absolute atomic E-state index is 12.3. The van der Waals surface area contributed by atoms with Crippen LogP contribution in [-0.2, 0) is 16.6 Å². The molecule has 20 heavy (non-hydrogen) atoms. The van der Waals surface area contributed by atoms with Crippen LogP contribution in [0.15, 0.2) is 24.0 Å². The highest BCUT2D eigenvalue weighted by Gasteiger charge is 2.33. The average Bonchev–Trinajstić information content (AvgIpc) is 2.41. The minimum Gasteiger partial charge on any atom is -0.492 e. The van der Waals surface area contributed by atoms with Gasteiger partial charge in [-0.25, -0.2) is 0 Å². The van der Waals surface area contributed by atoms with Crippen LogP contribution in [0.2, 0.25) is 0 Å². The minimum atomic E-state index is -0.187. The predicted molar refractivity (Wildman–Crippen MR) is 76.2 cm³/mol. The third kappa shape index (κ3) is 1.80. The molecule has 3 nitrogen and oxygen atoms in total. The number of rotatable bonds is 1. The Balaban J connectivity index is 2.21. The molecule has 0 spiro atoms. The van der Waals surface area contributed by atoms with Crippen LogP contribution in [0.1, 0.15) is 58.5 Å². The van der Waals surface area contributed by atoms with Crippen LogP contribution in [0, 0.1) is 0 Å². The lowest BCUT2D eigenvalue weighted by Crippen LogP contribution is -2.27. The molecule has 0 bridgehead atoms. The molecule has 104 valence electrons. The molecule has 3 rings (SSSR count). The molecule has 0 saturated carbocycles. The Morgan fingerprint density at radius 1 is 1.15 bits per heavy atom. The molecule has 2 aliphatic rings. The van der Waals surface area contributed by atoms with Crippen molar-refractivity contribution in [3.63, 3.8) is 0 Å². The molecule has 0 amide bonds. The highest BCUT2D eigenvalue weighted by Crippen LogP contribution is 2.39. The van der Waals surface area contributed by atoms with Crippen LogP contribution < -0.4 is 0 Å². The first-order valence-corrected chi connectivity index (χ1v) is 6.96. The third-order valence-electron chi connectivity index (χ3n) is 4.44. The summed E-state index contributed by atoms with van der Waals surface area (Å²) in [4.78, 5) is 24.5. The van der Waals surface area contributed by atoms with E-state index in [0.29, 0.717) is 11.1 Å². The van der Waals surface area contributed by atoms with Crippen molar-refractivity contribution < 1.29 is 14.3 Å². The maximum atomic E-state index is 12.3. The smallest absolute Gasteiger partial charge is 0.228 e. The van der Waals surface area contributed by atoms with E-state index in [4.69, 9.17) is 4.74 Å². The Morgan fingerprint density at radius 3 is 2.60 bits per heavy atom. The van der Waals surface area contributed by atoms with Gasteiger partial charge in [0.2, 0.25) is 5.78 Å². The van der Waals surface area contributed by atoms with Gasteiger partial charge in [0.1, 0.15) is 0 Å². The molecule has 0 heterocycles. The van der Waals surface area contributed by atoms with Crippen molar-refractivity contribution in [3.8, 4) is 0 Å². The van der Waals surface area contributed by atoms with Gasteiger partial charge < -0.3 is 4.74 Å². The third-order valence-corrected chi connectivity index (χ3v) is 4.44. The van der Waals surface area contributed by atoms with Crippen LogP contribution in [0.3, 0.4) is 0 Å². The molecular weight excluding hydrogens is 252 g/mol. The van der Waals surface area contributed by atoms with Crippen LogP contribution in [0.25, 0.3) is 0 Å². The fourth-order valence-electron chi connectivity index (χ4n) is 3.28. The van der Waals surface area contributed by atoms with Crippen molar-refractivity contribution in [1.29, 1.82) is 0 Å². The average molecular weight is 270 g/mol. The zero-order chi connectivity index (χ0) is 14.5. The zero-order valence-corrected chi connectivity index (χ0v) is 12.1. The Labute approximate surface area is 118 Å². The standard InChI is InChI=1S/C17H18O3/c1-17(2)6-4-5-10-7-12-11(8-13(10)17)14(18)9-15(20-3)16(12)19/h7-9H,4-6H2,1-3H3. The molecule has 1 aromatic rings. The monoisotopic (exact) mass is 270 g/mol. The van der Waals surface area contributed by atoms with Crippen LogP contribution in [0.4, 0.5) is 0 Å². The molecule has 0 aromatic heterocycles. The summed E-state index contributed by atoms with van der Waals surface area (Å²) >= 11 is 0. The highest BCUT2D eigenvalue weighted by molar-refractivity contribution is 6.23. The van der Waals surface area contributed by atoms with E-state index in [9.17, 15) is 9.59 Å². The van der Waals surface area contributed by atoms with Gasteiger partial charge in [-0.05, 0) is 47.9 Å². The van der Waals surface area contributed by atoms with Crippen molar-refractivity contribution in [2.24, 2.45) is 0 Å². The number of benzene rings is 1. The van der Waals surface area contributed by atoms with E-state index in [2.05, 4.69) is 13.8 Å². The number of hydrogen-bond donors (Lipinski definition) is 0. The zero-order valence-electron chi connectivity index (χ0n) is 12.1. The van der Waals surface area contributed by atoms with Gasteiger partial charge in [-0.15, -0.1) is 0 Å². The number of carbonyl (C=O) groups is 2. The molecule has 0 radical (unpaired) electrons. The first-order valence-electron chi connectivity index (χ1n) is 6.96. The van der Waals surface area contributed by atoms with Gasteiger partial charge in [0, 0.05) is 17.2 Å². The van der Waals surface area contributed by atoms with Gasteiger partial charge >= 0.3 is 0 Å². The molecule has 0 N–H and O–H groups in total. The number of methoxy groups -OCH3 is 1. The number of ketones is 2. The Kier molecular flexibility index (Phi) is 2.82. The maximum Gasteiger partial charge on any atom is 0.228 e. The summed E-state index contributed by atoms with van der Waals surface area (Å²) in [5.41, 5.74) is 3.48. The molecule has 2 aliphatic carbocycles. The number of hydrogen-bond acceptors (Lipinski definition) is 3.